The minimum absolute atomic E-state index is 0.206. The normalized spacial score (nSPS) is 23.6. The molecule has 7 heteroatoms. The van der Waals surface area contributed by atoms with Crippen LogP contribution in [0.5, 0.6) is 0 Å². The van der Waals surface area contributed by atoms with Crippen LogP contribution in [-0.4, -0.2) is 54.9 Å². The van der Waals surface area contributed by atoms with E-state index >= 15 is 0 Å². The van der Waals surface area contributed by atoms with Gasteiger partial charge in [0.2, 0.25) is 5.91 Å². The van der Waals surface area contributed by atoms with Crippen molar-refractivity contribution in [3.63, 3.8) is 0 Å². The number of aliphatic carboxylic acids is 1. The first-order valence-electron chi connectivity index (χ1n) is 5.81. The molecule has 0 saturated carbocycles. The van der Waals surface area contributed by atoms with Crippen LogP contribution in [-0.2, 0) is 19.1 Å². The smallest absolute Gasteiger partial charge is 0.335 e. The summed E-state index contributed by atoms with van der Waals surface area (Å²) >= 11 is 1.41. The van der Waals surface area contributed by atoms with Crippen molar-refractivity contribution >= 4 is 23.2 Å². The summed E-state index contributed by atoms with van der Waals surface area (Å²) in [6.07, 6.45) is -1.03. The van der Waals surface area contributed by atoms with E-state index < -0.39 is 18.1 Å². The van der Waals surface area contributed by atoms with Gasteiger partial charge in [-0.05, 0) is 11.4 Å². The molecule has 1 aliphatic rings. The maximum atomic E-state index is 11.9. The number of nitrogens with zero attached hydrogens (tertiary/aromatic N) is 1. The minimum atomic E-state index is -1.06. The average molecular weight is 285 g/mol. The number of thiophene rings is 1. The SMILES string of the molecule is COCCN1C(=O)COC(C(=O)O)C1c1cccs1. The monoisotopic (exact) mass is 285 g/mol. The number of rotatable bonds is 5. The quantitative estimate of drug-likeness (QED) is 0.864. The molecule has 104 valence electrons. The molecule has 2 heterocycles. The van der Waals surface area contributed by atoms with Crippen molar-refractivity contribution < 1.29 is 24.2 Å². The highest BCUT2D eigenvalue weighted by Gasteiger charge is 2.42. The highest BCUT2D eigenvalue weighted by atomic mass is 32.1. The van der Waals surface area contributed by atoms with E-state index in [1.807, 2.05) is 17.5 Å². The zero-order valence-corrected chi connectivity index (χ0v) is 11.3. The summed E-state index contributed by atoms with van der Waals surface area (Å²) in [4.78, 5) is 25.6. The number of carboxylic acids is 1. The second-order valence-electron chi connectivity index (χ2n) is 4.11. The molecule has 1 aliphatic heterocycles. The predicted molar refractivity (Wildman–Crippen MR) is 68.0 cm³/mol. The van der Waals surface area contributed by atoms with Crippen LogP contribution >= 0.6 is 11.3 Å². The fraction of sp³-hybridized carbons (Fsp3) is 0.500. The van der Waals surface area contributed by atoms with E-state index in [0.29, 0.717) is 13.2 Å². The predicted octanol–water partition coefficient (Wildman–Crippen LogP) is 0.748. The van der Waals surface area contributed by atoms with Crippen molar-refractivity contribution in [2.45, 2.75) is 12.1 Å². The maximum absolute atomic E-state index is 11.9. The van der Waals surface area contributed by atoms with Gasteiger partial charge in [-0.15, -0.1) is 11.3 Å². The van der Waals surface area contributed by atoms with Gasteiger partial charge in [-0.1, -0.05) is 6.07 Å². The lowest BCUT2D eigenvalue weighted by Gasteiger charge is -2.38. The molecule has 1 aromatic rings. The molecule has 1 aromatic heterocycles. The zero-order valence-electron chi connectivity index (χ0n) is 10.4. The van der Waals surface area contributed by atoms with Gasteiger partial charge in [0.05, 0.1) is 6.61 Å². The van der Waals surface area contributed by atoms with Gasteiger partial charge < -0.3 is 19.5 Å². The van der Waals surface area contributed by atoms with Crippen LogP contribution in [0.1, 0.15) is 10.9 Å². The Balaban J connectivity index is 2.29. The highest BCUT2D eigenvalue weighted by Crippen LogP contribution is 2.32. The van der Waals surface area contributed by atoms with Gasteiger partial charge in [0, 0.05) is 18.5 Å². The number of morpholine rings is 1. The van der Waals surface area contributed by atoms with Crippen LogP contribution in [0.2, 0.25) is 0 Å². The van der Waals surface area contributed by atoms with Gasteiger partial charge >= 0.3 is 5.97 Å². The van der Waals surface area contributed by atoms with E-state index in [1.54, 1.807) is 7.11 Å². The van der Waals surface area contributed by atoms with E-state index in [-0.39, 0.29) is 12.5 Å². The van der Waals surface area contributed by atoms with E-state index in [9.17, 15) is 14.7 Å². The van der Waals surface area contributed by atoms with E-state index in [4.69, 9.17) is 9.47 Å². The summed E-state index contributed by atoms with van der Waals surface area (Å²) in [5.41, 5.74) is 0. The third-order valence-electron chi connectivity index (χ3n) is 2.94. The number of methoxy groups -OCH3 is 1. The number of hydrogen-bond acceptors (Lipinski definition) is 5. The lowest BCUT2D eigenvalue weighted by molar-refractivity contribution is -0.173. The third-order valence-corrected chi connectivity index (χ3v) is 3.89. The van der Waals surface area contributed by atoms with Crippen molar-refractivity contribution in [3.8, 4) is 0 Å². The lowest BCUT2D eigenvalue weighted by atomic mass is 10.1. The van der Waals surface area contributed by atoms with E-state index in [0.717, 1.165) is 4.88 Å². The number of amides is 1. The molecule has 2 rings (SSSR count). The Hall–Kier alpha value is -1.44. The van der Waals surface area contributed by atoms with Gasteiger partial charge in [-0.25, -0.2) is 4.79 Å². The summed E-state index contributed by atoms with van der Waals surface area (Å²) in [6.45, 7) is 0.507. The van der Waals surface area contributed by atoms with Crippen LogP contribution in [0.15, 0.2) is 17.5 Å². The molecule has 0 aliphatic carbocycles. The first-order valence-corrected chi connectivity index (χ1v) is 6.69. The van der Waals surface area contributed by atoms with Gasteiger partial charge in [0.15, 0.2) is 6.10 Å². The van der Waals surface area contributed by atoms with E-state index in [1.165, 1.54) is 16.2 Å². The molecule has 1 saturated heterocycles. The summed E-state index contributed by atoms with van der Waals surface area (Å²) in [7, 11) is 1.54. The fourth-order valence-electron chi connectivity index (χ4n) is 2.08. The van der Waals surface area contributed by atoms with E-state index in [2.05, 4.69) is 0 Å². The molecule has 1 fully saturated rings. The second-order valence-corrected chi connectivity index (χ2v) is 5.09. The average Bonchev–Trinajstić information content (AvgIpc) is 2.90. The van der Waals surface area contributed by atoms with Crippen LogP contribution in [0.4, 0.5) is 0 Å². The third kappa shape index (κ3) is 2.94. The zero-order chi connectivity index (χ0) is 13.8. The number of carbonyl (C=O) groups excluding carboxylic acids is 1. The molecule has 1 amide bonds. The molecule has 2 unspecified atom stereocenters. The van der Waals surface area contributed by atoms with Crippen LogP contribution in [0.3, 0.4) is 0 Å². The molecule has 6 nitrogen and oxygen atoms in total. The highest BCUT2D eigenvalue weighted by molar-refractivity contribution is 7.10. The molecular weight excluding hydrogens is 270 g/mol. The van der Waals surface area contributed by atoms with Crippen molar-refractivity contribution in [2.75, 3.05) is 26.9 Å². The molecule has 0 radical (unpaired) electrons. The van der Waals surface area contributed by atoms with Crippen molar-refractivity contribution in [1.82, 2.24) is 4.90 Å². The summed E-state index contributed by atoms with van der Waals surface area (Å²) in [5.74, 6) is -1.28. The first kappa shape index (κ1) is 14.0. The van der Waals surface area contributed by atoms with Crippen molar-refractivity contribution in [2.24, 2.45) is 0 Å². The molecule has 0 aromatic carbocycles. The Morgan fingerprint density at radius 3 is 3.05 bits per heavy atom. The Labute approximate surface area is 114 Å². The Kier molecular flexibility index (Phi) is 4.52. The topological polar surface area (TPSA) is 76.1 Å². The maximum Gasteiger partial charge on any atom is 0.335 e. The molecule has 1 N–H and O–H groups in total. The lowest BCUT2D eigenvalue weighted by Crippen LogP contribution is -2.52. The summed E-state index contributed by atoms with van der Waals surface area (Å²) in [6, 6.07) is 3.05. The molecular formula is C12H15NO5S. The van der Waals surface area contributed by atoms with Crippen molar-refractivity contribution in [1.29, 1.82) is 0 Å². The van der Waals surface area contributed by atoms with Gasteiger partial charge in [-0.2, -0.15) is 0 Å². The largest absolute Gasteiger partial charge is 0.479 e. The first-order chi connectivity index (χ1) is 9.15. The summed E-state index contributed by atoms with van der Waals surface area (Å²) in [5, 5.41) is 11.1. The van der Waals surface area contributed by atoms with Crippen molar-refractivity contribution in [3.05, 3.63) is 22.4 Å². The molecule has 19 heavy (non-hydrogen) atoms. The number of ether oxygens (including phenoxy) is 2. The Morgan fingerprint density at radius 1 is 1.68 bits per heavy atom. The van der Waals surface area contributed by atoms with Gasteiger partial charge in [0.25, 0.3) is 0 Å². The van der Waals surface area contributed by atoms with Gasteiger partial charge in [0.1, 0.15) is 12.6 Å². The minimum Gasteiger partial charge on any atom is -0.479 e. The number of carboxylic acid groups (broad SMARTS) is 1. The standard InChI is InChI=1S/C12H15NO5S/c1-17-5-4-13-9(14)7-18-11(12(15)16)10(13)8-3-2-6-19-8/h2-3,6,10-11H,4-5,7H2,1H3,(H,15,16). The number of carbonyl (C=O) groups is 2. The Morgan fingerprint density at radius 2 is 2.47 bits per heavy atom. The molecule has 0 spiro atoms. The molecule has 0 bridgehead atoms. The molecule has 2 atom stereocenters. The van der Waals surface area contributed by atoms with Crippen LogP contribution < -0.4 is 0 Å². The fourth-order valence-corrected chi connectivity index (χ4v) is 2.94. The van der Waals surface area contributed by atoms with Crippen LogP contribution in [0, 0.1) is 0 Å². The van der Waals surface area contributed by atoms with Gasteiger partial charge in [-0.3, -0.25) is 4.79 Å². The summed E-state index contributed by atoms with van der Waals surface area (Å²) < 4.78 is 10.1. The second kappa shape index (κ2) is 6.14. The Bertz CT molecular complexity index is 447. The van der Waals surface area contributed by atoms with Crippen LogP contribution in [0.25, 0.3) is 0 Å². The number of hydrogen-bond donors (Lipinski definition) is 1.